The van der Waals surface area contributed by atoms with Gasteiger partial charge >= 0.3 is 18.0 Å². The molecule has 1 atom stereocenters. The van der Waals surface area contributed by atoms with Gasteiger partial charge in [0.05, 0.1) is 7.11 Å². The van der Waals surface area contributed by atoms with E-state index in [0.29, 0.717) is 11.3 Å². The molecule has 1 unspecified atom stereocenters. The number of alkyl halides is 7. The van der Waals surface area contributed by atoms with Gasteiger partial charge in [0.15, 0.2) is 0 Å². The van der Waals surface area contributed by atoms with Crippen LogP contribution in [0.25, 0.3) is 0 Å². The van der Waals surface area contributed by atoms with Crippen molar-refractivity contribution in [3.8, 4) is 5.75 Å². The number of ether oxygens (including phenoxy) is 1. The number of halogens is 7. The van der Waals surface area contributed by atoms with E-state index in [1.807, 2.05) is 0 Å². The third-order valence-electron chi connectivity index (χ3n) is 3.11. The molecule has 136 valence electrons. The highest BCUT2D eigenvalue weighted by molar-refractivity contribution is 5.85. The van der Waals surface area contributed by atoms with Crippen molar-refractivity contribution < 1.29 is 40.3 Å². The van der Waals surface area contributed by atoms with Crippen LogP contribution in [0.15, 0.2) is 24.3 Å². The van der Waals surface area contributed by atoms with Crippen LogP contribution in [0.5, 0.6) is 5.75 Å². The van der Waals surface area contributed by atoms with Crippen LogP contribution in [0, 0.1) is 0 Å². The van der Waals surface area contributed by atoms with Gasteiger partial charge < -0.3 is 10.1 Å². The average molecular weight is 361 g/mol. The first-order chi connectivity index (χ1) is 10.8. The standard InChI is InChI=1S/C14H14F7NO2/c1-8(7-9-3-5-10(24-2)6-4-9)22-11(23)12(15,16)13(17,18)14(19,20)21/h3-6,8H,7H2,1-2H3,(H,22,23). The fourth-order valence-corrected chi connectivity index (χ4v) is 1.80. The van der Waals surface area contributed by atoms with E-state index in [1.54, 1.807) is 0 Å². The lowest BCUT2D eigenvalue weighted by Crippen LogP contribution is -2.60. The lowest BCUT2D eigenvalue weighted by molar-refractivity contribution is -0.344. The van der Waals surface area contributed by atoms with Crippen LogP contribution >= 0.6 is 0 Å². The Kier molecular flexibility index (Phi) is 5.73. The molecule has 0 fully saturated rings. The van der Waals surface area contributed by atoms with Crippen LogP contribution in [0.4, 0.5) is 30.7 Å². The Morgan fingerprint density at radius 3 is 2.00 bits per heavy atom. The summed E-state index contributed by atoms with van der Waals surface area (Å²) in [6.45, 7) is 1.20. The van der Waals surface area contributed by atoms with Gasteiger partial charge in [-0.25, -0.2) is 0 Å². The predicted octanol–water partition coefficient (Wildman–Crippen LogP) is 3.58. The summed E-state index contributed by atoms with van der Waals surface area (Å²) in [5.74, 6) is -14.6. The molecule has 10 heteroatoms. The van der Waals surface area contributed by atoms with Crippen molar-refractivity contribution >= 4 is 5.91 Å². The maximum Gasteiger partial charge on any atom is 0.460 e. The zero-order valence-corrected chi connectivity index (χ0v) is 12.6. The second-order valence-electron chi connectivity index (χ2n) is 5.07. The Morgan fingerprint density at radius 1 is 1.08 bits per heavy atom. The van der Waals surface area contributed by atoms with Crippen molar-refractivity contribution in [1.29, 1.82) is 0 Å². The smallest absolute Gasteiger partial charge is 0.460 e. The molecule has 0 aliphatic carbocycles. The molecule has 0 aromatic heterocycles. The minimum absolute atomic E-state index is 0.0522. The molecule has 24 heavy (non-hydrogen) atoms. The number of hydrogen-bond donors (Lipinski definition) is 1. The monoisotopic (exact) mass is 361 g/mol. The van der Waals surface area contributed by atoms with Gasteiger partial charge in [-0.15, -0.1) is 0 Å². The fourth-order valence-electron chi connectivity index (χ4n) is 1.80. The summed E-state index contributed by atoms with van der Waals surface area (Å²) in [6, 6.07) is 5.04. The normalized spacial score (nSPS) is 14.2. The van der Waals surface area contributed by atoms with E-state index in [0.717, 1.165) is 0 Å². The molecule has 3 nitrogen and oxygen atoms in total. The Hall–Kier alpha value is -2.00. The fraction of sp³-hybridized carbons (Fsp3) is 0.500. The van der Waals surface area contributed by atoms with E-state index < -0.39 is 30.0 Å². The number of nitrogens with one attached hydrogen (secondary N) is 1. The molecular weight excluding hydrogens is 347 g/mol. The van der Waals surface area contributed by atoms with Crippen molar-refractivity contribution in [3.05, 3.63) is 29.8 Å². The number of rotatable bonds is 6. The summed E-state index contributed by atoms with van der Waals surface area (Å²) in [5.41, 5.74) is 0.537. The van der Waals surface area contributed by atoms with Crippen molar-refractivity contribution in [2.45, 2.75) is 37.4 Å². The lowest BCUT2D eigenvalue weighted by Gasteiger charge is -2.28. The molecule has 1 N–H and O–H groups in total. The highest BCUT2D eigenvalue weighted by atomic mass is 19.4. The van der Waals surface area contributed by atoms with Gasteiger partial charge in [-0.3, -0.25) is 4.79 Å². The molecule has 1 amide bonds. The minimum atomic E-state index is -6.55. The molecule has 0 aliphatic heterocycles. The van der Waals surface area contributed by atoms with Crippen molar-refractivity contribution in [2.75, 3.05) is 7.11 Å². The molecule has 1 rings (SSSR count). The molecule has 0 spiro atoms. The maximum absolute atomic E-state index is 13.2. The Balaban J connectivity index is 2.78. The lowest BCUT2D eigenvalue weighted by atomic mass is 10.1. The average Bonchev–Trinajstić information content (AvgIpc) is 2.46. The first kappa shape index (κ1) is 20.0. The quantitative estimate of drug-likeness (QED) is 0.787. The van der Waals surface area contributed by atoms with Crippen LogP contribution in [-0.4, -0.2) is 37.1 Å². The van der Waals surface area contributed by atoms with Crippen LogP contribution in [0.1, 0.15) is 12.5 Å². The first-order valence-corrected chi connectivity index (χ1v) is 6.59. The number of benzene rings is 1. The van der Waals surface area contributed by atoms with E-state index in [2.05, 4.69) is 0 Å². The van der Waals surface area contributed by atoms with E-state index in [1.165, 1.54) is 43.6 Å². The highest BCUT2D eigenvalue weighted by Crippen LogP contribution is 2.46. The van der Waals surface area contributed by atoms with Gasteiger partial charge in [0, 0.05) is 6.04 Å². The Morgan fingerprint density at radius 2 is 1.58 bits per heavy atom. The van der Waals surface area contributed by atoms with Crippen molar-refractivity contribution in [2.24, 2.45) is 0 Å². The van der Waals surface area contributed by atoms with Crippen molar-refractivity contribution in [3.63, 3.8) is 0 Å². The van der Waals surface area contributed by atoms with E-state index in [9.17, 15) is 35.5 Å². The van der Waals surface area contributed by atoms with Gasteiger partial charge in [-0.2, -0.15) is 30.7 Å². The highest BCUT2D eigenvalue weighted by Gasteiger charge is 2.76. The van der Waals surface area contributed by atoms with Crippen LogP contribution in [-0.2, 0) is 11.2 Å². The van der Waals surface area contributed by atoms with E-state index >= 15 is 0 Å². The summed E-state index contributed by atoms with van der Waals surface area (Å²) < 4.78 is 92.9. The number of hydrogen-bond acceptors (Lipinski definition) is 2. The molecule has 0 heterocycles. The molecule has 0 aliphatic rings. The van der Waals surface area contributed by atoms with Gasteiger partial charge in [-0.1, -0.05) is 12.1 Å². The zero-order chi connectivity index (χ0) is 18.8. The topological polar surface area (TPSA) is 38.3 Å². The molecule has 1 aromatic rings. The van der Waals surface area contributed by atoms with Gasteiger partial charge in [0.25, 0.3) is 5.91 Å². The zero-order valence-electron chi connectivity index (χ0n) is 12.6. The second kappa shape index (κ2) is 6.86. The number of carbonyl (C=O) groups excluding carboxylic acids is 1. The molecule has 0 bridgehead atoms. The molecule has 0 saturated carbocycles. The van der Waals surface area contributed by atoms with Crippen LogP contribution < -0.4 is 10.1 Å². The Labute approximate surface area is 132 Å². The molecule has 0 radical (unpaired) electrons. The summed E-state index contributed by atoms with van der Waals surface area (Å²) in [4.78, 5) is 11.2. The third-order valence-corrected chi connectivity index (χ3v) is 3.11. The van der Waals surface area contributed by atoms with E-state index in [4.69, 9.17) is 4.74 Å². The number of carbonyl (C=O) groups is 1. The van der Waals surface area contributed by atoms with Gasteiger partial charge in [0.2, 0.25) is 0 Å². The predicted molar refractivity (Wildman–Crippen MR) is 70.3 cm³/mol. The molecule has 0 saturated heterocycles. The summed E-state index contributed by atoms with van der Waals surface area (Å²) in [7, 11) is 1.42. The first-order valence-electron chi connectivity index (χ1n) is 6.59. The van der Waals surface area contributed by atoms with Gasteiger partial charge in [0.1, 0.15) is 5.75 Å². The number of methoxy groups -OCH3 is 1. The Bertz CT molecular complexity index is 569. The van der Waals surface area contributed by atoms with E-state index in [-0.39, 0.29) is 6.42 Å². The molecule has 1 aromatic carbocycles. The van der Waals surface area contributed by atoms with Crippen LogP contribution in [0.2, 0.25) is 0 Å². The van der Waals surface area contributed by atoms with Crippen LogP contribution in [0.3, 0.4) is 0 Å². The number of amides is 1. The second-order valence-corrected chi connectivity index (χ2v) is 5.07. The maximum atomic E-state index is 13.2. The minimum Gasteiger partial charge on any atom is -0.497 e. The largest absolute Gasteiger partial charge is 0.497 e. The summed E-state index contributed by atoms with van der Waals surface area (Å²) in [6.07, 6.45) is -6.60. The summed E-state index contributed by atoms with van der Waals surface area (Å²) >= 11 is 0. The van der Waals surface area contributed by atoms with Crippen molar-refractivity contribution in [1.82, 2.24) is 5.32 Å². The van der Waals surface area contributed by atoms with Gasteiger partial charge in [-0.05, 0) is 31.0 Å². The third kappa shape index (κ3) is 4.09. The molecular formula is C14H14F7NO2. The summed E-state index contributed by atoms with van der Waals surface area (Å²) in [5, 5.41) is 1.48. The SMILES string of the molecule is COc1ccc(CC(C)NC(=O)C(F)(F)C(F)(F)C(F)(F)F)cc1.